The highest BCUT2D eigenvalue weighted by Gasteiger charge is 2.22. The molecule has 3 N–H and O–H groups in total. The highest BCUT2D eigenvalue weighted by atomic mass is 32.2. The molecule has 2 aromatic rings. The predicted molar refractivity (Wildman–Crippen MR) is 90.7 cm³/mol. The largest absolute Gasteiger partial charge is 0.508 e. The molecule has 1 aromatic heterocycles. The fraction of sp³-hybridized carbons (Fsp3) is 0. The van der Waals surface area contributed by atoms with Crippen LogP contribution in [0.2, 0.25) is 0 Å². The minimum absolute atomic E-state index is 0.110. The summed E-state index contributed by atoms with van der Waals surface area (Å²) in [5.41, 5.74) is 7.60. The molecule has 1 aliphatic rings. The van der Waals surface area contributed by atoms with Gasteiger partial charge in [0, 0.05) is 5.56 Å². The molecule has 3 rings (SSSR count). The monoisotopic (exact) mass is 320 g/mol. The molecule has 23 heavy (non-hydrogen) atoms. The smallest absolute Gasteiger partial charge is 0.143 e. The molecule has 1 aromatic carbocycles. The minimum atomic E-state index is -0.847. The van der Waals surface area contributed by atoms with E-state index >= 15 is 0 Å². The Balaban J connectivity index is 2.34. The molecule has 0 saturated carbocycles. The van der Waals surface area contributed by atoms with E-state index in [0.717, 1.165) is 0 Å². The number of rotatable bonds is 2. The number of hydrogen-bond donors (Lipinski definition) is 3. The van der Waals surface area contributed by atoms with Gasteiger partial charge < -0.3 is 10.8 Å². The van der Waals surface area contributed by atoms with Crippen LogP contribution in [0.5, 0.6) is 5.75 Å². The number of nitrogens with zero attached hydrogens (tertiary/aromatic N) is 3. The third kappa shape index (κ3) is 2.52. The lowest BCUT2D eigenvalue weighted by molar-refractivity contribution is 0.475. The summed E-state index contributed by atoms with van der Waals surface area (Å²) in [4.78, 5) is 4.31. The van der Waals surface area contributed by atoms with E-state index in [4.69, 9.17) is 5.73 Å². The molecule has 0 atom stereocenters. The van der Waals surface area contributed by atoms with Crippen LogP contribution in [-0.2, 0) is 0 Å². The lowest BCUT2D eigenvalue weighted by Crippen LogP contribution is -2.04. The van der Waals surface area contributed by atoms with Gasteiger partial charge in [0.25, 0.3) is 0 Å². The van der Waals surface area contributed by atoms with Crippen molar-refractivity contribution in [2.24, 2.45) is 0 Å². The van der Waals surface area contributed by atoms with Gasteiger partial charge in [-0.25, -0.2) is 4.98 Å². The van der Waals surface area contributed by atoms with E-state index in [1.165, 1.54) is 12.1 Å². The van der Waals surface area contributed by atoms with Gasteiger partial charge in [-0.1, -0.05) is 24.3 Å². The second kappa shape index (κ2) is 5.88. The predicted octanol–water partition coefficient (Wildman–Crippen LogP) is 3.18. The van der Waals surface area contributed by atoms with E-state index in [9.17, 15) is 15.6 Å². The van der Waals surface area contributed by atoms with E-state index in [1.54, 1.807) is 12.1 Å². The van der Waals surface area contributed by atoms with Gasteiger partial charge >= 0.3 is 0 Å². The number of aromatic nitrogens is 1. The molecule has 0 bridgehead atoms. The molecule has 0 fully saturated rings. The number of nitrogens with two attached hydrogens (primary N) is 1. The van der Waals surface area contributed by atoms with Crippen LogP contribution in [0.25, 0.3) is 11.1 Å². The quantitative estimate of drug-likeness (QED) is 0.737. The van der Waals surface area contributed by atoms with Crippen molar-refractivity contribution in [3.8, 4) is 29.0 Å². The summed E-state index contributed by atoms with van der Waals surface area (Å²) in [6.45, 7) is 0. The Labute approximate surface area is 136 Å². The molecule has 0 spiro atoms. The minimum Gasteiger partial charge on any atom is -0.508 e. The zero-order valence-electron chi connectivity index (χ0n) is 11.9. The summed E-state index contributed by atoms with van der Waals surface area (Å²) in [5.74, 6) is 0.222. The number of allylic oxidation sites excluding steroid dienone is 2. The molecule has 6 heteroatoms. The Morgan fingerprint density at radius 2 is 1.61 bits per heavy atom. The first kappa shape index (κ1) is 14.7. The fourth-order valence-electron chi connectivity index (χ4n) is 2.39. The van der Waals surface area contributed by atoms with Crippen molar-refractivity contribution in [1.29, 1.82) is 10.5 Å². The van der Waals surface area contributed by atoms with Gasteiger partial charge in [-0.15, -0.1) is 0 Å². The number of thiol groups is 1. The van der Waals surface area contributed by atoms with Crippen molar-refractivity contribution in [3.05, 3.63) is 58.4 Å². The van der Waals surface area contributed by atoms with E-state index in [0.29, 0.717) is 21.7 Å². The normalized spacial score (nSPS) is 13.7. The van der Waals surface area contributed by atoms with E-state index < -0.39 is 10.9 Å². The first-order valence-electron chi connectivity index (χ1n) is 6.72. The van der Waals surface area contributed by atoms with Gasteiger partial charge in [0.1, 0.15) is 34.3 Å². The summed E-state index contributed by atoms with van der Waals surface area (Å²) in [6.07, 6.45) is 3.81. The maximum Gasteiger partial charge on any atom is 0.143 e. The van der Waals surface area contributed by atoms with E-state index in [1.807, 2.05) is 29.0 Å². The number of pyridine rings is 1. The maximum absolute atomic E-state index is 9.66. The van der Waals surface area contributed by atoms with Gasteiger partial charge in [0.15, 0.2) is 0 Å². The summed E-state index contributed by atoms with van der Waals surface area (Å²) in [7, 11) is -0.847. The number of anilines is 1. The number of phenolic OH excluding ortho intramolecular Hbond substituents is 1. The van der Waals surface area contributed by atoms with E-state index in [2.05, 4.69) is 11.1 Å². The van der Waals surface area contributed by atoms with Crippen molar-refractivity contribution in [2.75, 3.05) is 5.73 Å². The van der Waals surface area contributed by atoms with Crippen LogP contribution in [0.3, 0.4) is 0 Å². The Morgan fingerprint density at radius 1 is 1.00 bits per heavy atom. The molecule has 2 heterocycles. The van der Waals surface area contributed by atoms with Crippen LogP contribution in [0.15, 0.2) is 52.3 Å². The van der Waals surface area contributed by atoms with Crippen LogP contribution in [0, 0.1) is 22.7 Å². The van der Waals surface area contributed by atoms with Crippen molar-refractivity contribution < 1.29 is 5.11 Å². The van der Waals surface area contributed by atoms with Gasteiger partial charge in [-0.3, -0.25) is 0 Å². The molecular weight excluding hydrogens is 308 g/mol. The van der Waals surface area contributed by atoms with Gasteiger partial charge in [-0.2, -0.15) is 21.4 Å². The van der Waals surface area contributed by atoms with Crippen LogP contribution in [0.1, 0.15) is 11.1 Å². The molecule has 5 nitrogen and oxygen atoms in total. The molecule has 0 aliphatic carbocycles. The fourth-order valence-corrected chi connectivity index (χ4v) is 3.98. The highest BCUT2D eigenvalue weighted by molar-refractivity contribution is 8.22. The molecule has 1 aliphatic heterocycles. The van der Waals surface area contributed by atoms with Gasteiger partial charge in [-0.05, 0) is 28.5 Å². The second-order valence-corrected chi connectivity index (χ2v) is 6.64. The summed E-state index contributed by atoms with van der Waals surface area (Å²) in [6, 6.07) is 10.5. The zero-order chi connectivity index (χ0) is 16.4. The van der Waals surface area contributed by atoms with E-state index in [-0.39, 0.29) is 17.1 Å². The van der Waals surface area contributed by atoms with Crippen LogP contribution in [-0.4, -0.2) is 10.1 Å². The molecule has 112 valence electrons. The molecule has 0 amide bonds. The zero-order valence-corrected chi connectivity index (χ0v) is 12.8. The molecule has 0 unspecified atom stereocenters. The third-order valence-corrected chi connectivity index (χ3v) is 5.23. The number of nitrogen functional groups attached to an aromatic ring is 1. The number of phenols is 1. The van der Waals surface area contributed by atoms with Gasteiger partial charge in [0.05, 0.1) is 5.56 Å². The average Bonchev–Trinajstić information content (AvgIpc) is 3.09. The second-order valence-electron chi connectivity index (χ2n) is 4.81. The van der Waals surface area contributed by atoms with Gasteiger partial charge in [0.2, 0.25) is 0 Å². The standard InChI is InChI=1S/C17H12N4OS/c18-9-13-15(11-3-5-12(22)6-4-11)14(10-19)17(21-16(13)20)23-7-1-2-8-23/h1-8,22-23H,(H2,20,21). The molecule has 0 radical (unpaired) electrons. The lowest BCUT2D eigenvalue weighted by Gasteiger charge is -2.17. The Bertz CT molecular complexity index is 906. The number of nitriles is 2. The molecular formula is C17H12N4OS. The highest BCUT2D eigenvalue weighted by Crippen LogP contribution is 2.46. The molecule has 0 saturated heterocycles. The Morgan fingerprint density at radius 3 is 2.17 bits per heavy atom. The number of aromatic hydroxyl groups is 1. The summed E-state index contributed by atoms with van der Waals surface area (Å²) >= 11 is 0. The van der Waals surface area contributed by atoms with Crippen molar-refractivity contribution in [1.82, 2.24) is 4.98 Å². The van der Waals surface area contributed by atoms with Crippen LogP contribution in [0.4, 0.5) is 5.82 Å². The Hall–Kier alpha value is -3.22. The summed E-state index contributed by atoms with van der Waals surface area (Å²) in [5, 5.41) is 33.1. The van der Waals surface area contributed by atoms with Crippen LogP contribution < -0.4 is 5.73 Å². The SMILES string of the molecule is N#Cc1c(N)nc([SH]2C=CC=C2)c(C#N)c1-c1ccc(O)cc1. The Kier molecular flexibility index (Phi) is 3.76. The topological polar surface area (TPSA) is 107 Å². The van der Waals surface area contributed by atoms with Crippen LogP contribution >= 0.6 is 10.9 Å². The average molecular weight is 320 g/mol. The third-order valence-electron chi connectivity index (χ3n) is 3.43. The van der Waals surface area contributed by atoms with Crippen molar-refractivity contribution in [3.63, 3.8) is 0 Å². The first-order chi connectivity index (χ1) is 11.2. The van der Waals surface area contributed by atoms with Crippen molar-refractivity contribution >= 4 is 16.7 Å². The number of benzene rings is 1. The maximum atomic E-state index is 9.66. The van der Waals surface area contributed by atoms with Crippen molar-refractivity contribution in [2.45, 2.75) is 5.03 Å². The first-order valence-corrected chi connectivity index (χ1v) is 8.20. The lowest BCUT2D eigenvalue weighted by atomic mass is 9.97. The summed E-state index contributed by atoms with van der Waals surface area (Å²) < 4.78 is 0. The number of hydrogen-bond acceptors (Lipinski definition) is 5.